The molecule has 88 valence electrons. The van der Waals surface area contributed by atoms with Gasteiger partial charge in [0, 0.05) is 11.5 Å². The molecule has 1 atom stereocenters. The maximum absolute atomic E-state index is 11.1. The highest BCUT2D eigenvalue weighted by atomic mass is 16.5. The summed E-state index contributed by atoms with van der Waals surface area (Å²) in [6.07, 6.45) is 1.29. The van der Waals surface area contributed by atoms with Gasteiger partial charge in [-0.15, -0.1) is 0 Å². The monoisotopic (exact) mass is 227 g/mol. The van der Waals surface area contributed by atoms with Gasteiger partial charge in [-0.2, -0.15) is 0 Å². The van der Waals surface area contributed by atoms with E-state index in [-0.39, 0.29) is 12.8 Å². The van der Waals surface area contributed by atoms with E-state index in [9.17, 15) is 9.59 Å². The minimum atomic E-state index is -0.977. The lowest BCUT2D eigenvalue weighted by molar-refractivity contribution is -0.141. The van der Waals surface area contributed by atoms with Gasteiger partial charge in [0.05, 0.1) is 26.1 Å². The van der Waals surface area contributed by atoms with E-state index in [4.69, 9.17) is 9.63 Å². The molecule has 0 amide bonds. The molecule has 0 radical (unpaired) electrons. The van der Waals surface area contributed by atoms with Crippen molar-refractivity contribution in [3.63, 3.8) is 0 Å². The van der Waals surface area contributed by atoms with Crippen LogP contribution in [0.4, 0.5) is 0 Å². The minimum Gasteiger partial charge on any atom is -0.481 e. The second kappa shape index (κ2) is 5.29. The van der Waals surface area contributed by atoms with Crippen molar-refractivity contribution >= 4 is 11.9 Å². The highest BCUT2D eigenvalue weighted by Gasteiger charge is 2.23. The van der Waals surface area contributed by atoms with Gasteiger partial charge in [-0.05, 0) is 6.92 Å². The van der Waals surface area contributed by atoms with E-state index in [0.717, 1.165) is 0 Å². The summed E-state index contributed by atoms with van der Waals surface area (Å²) in [4.78, 5) is 21.8. The number of aromatic nitrogens is 1. The first-order valence-corrected chi connectivity index (χ1v) is 4.74. The number of hydrogen-bond acceptors (Lipinski definition) is 5. The van der Waals surface area contributed by atoms with Crippen LogP contribution in [0.2, 0.25) is 0 Å². The zero-order valence-corrected chi connectivity index (χ0v) is 9.10. The van der Waals surface area contributed by atoms with E-state index in [1.807, 2.05) is 0 Å². The molecule has 1 N–H and O–H groups in total. The fourth-order valence-electron chi connectivity index (χ4n) is 1.49. The molecule has 0 aliphatic rings. The minimum absolute atomic E-state index is 0.00481. The number of aryl methyl sites for hydroxylation is 1. The number of aliphatic carboxylic acids is 1. The molecule has 16 heavy (non-hydrogen) atoms. The van der Waals surface area contributed by atoms with Crippen LogP contribution >= 0.6 is 0 Å². The Hall–Kier alpha value is -1.85. The average Bonchev–Trinajstić information content (AvgIpc) is 2.62. The number of hydrogen-bond donors (Lipinski definition) is 1. The Kier molecular flexibility index (Phi) is 4.04. The summed E-state index contributed by atoms with van der Waals surface area (Å²) in [6.45, 7) is 1.68. The molecule has 1 unspecified atom stereocenters. The quantitative estimate of drug-likeness (QED) is 0.757. The number of carboxylic acid groups (broad SMARTS) is 1. The predicted octanol–water partition coefficient (Wildman–Crippen LogP) is 1.10. The van der Waals surface area contributed by atoms with Gasteiger partial charge in [-0.25, -0.2) is 0 Å². The predicted molar refractivity (Wildman–Crippen MR) is 52.9 cm³/mol. The van der Waals surface area contributed by atoms with Crippen molar-refractivity contribution in [2.75, 3.05) is 7.11 Å². The number of methoxy groups -OCH3 is 1. The van der Waals surface area contributed by atoms with E-state index in [0.29, 0.717) is 11.3 Å². The molecule has 0 fully saturated rings. The van der Waals surface area contributed by atoms with Crippen molar-refractivity contribution in [1.82, 2.24) is 5.16 Å². The van der Waals surface area contributed by atoms with Crippen molar-refractivity contribution in [3.8, 4) is 0 Å². The first kappa shape index (κ1) is 12.2. The standard InChI is InChI=1S/C10H13NO5/c1-6-8(5-11-16-6)7(3-9(12)13)4-10(14)15-2/h5,7H,3-4H2,1-2H3,(H,12,13). The Morgan fingerprint density at radius 3 is 2.69 bits per heavy atom. The fraction of sp³-hybridized carbons (Fsp3) is 0.500. The van der Waals surface area contributed by atoms with Crippen LogP contribution in [-0.2, 0) is 14.3 Å². The van der Waals surface area contributed by atoms with Gasteiger partial charge in [-0.3, -0.25) is 9.59 Å². The number of carboxylic acids is 1. The summed E-state index contributed by atoms with van der Waals surface area (Å²) in [5, 5.41) is 12.3. The molecule has 6 nitrogen and oxygen atoms in total. The van der Waals surface area contributed by atoms with E-state index in [2.05, 4.69) is 9.89 Å². The summed E-state index contributed by atoms with van der Waals surface area (Å²) in [6, 6.07) is 0. The number of carbonyl (C=O) groups is 2. The van der Waals surface area contributed by atoms with Gasteiger partial charge >= 0.3 is 11.9 Å². The van der Waals surface area contributed by atoms with Gasteiger partial charge in [0.15, 0.2) is 0 Å². The van der Waals surface area contributed by atoms with E-state index >= 15 is 0 Å². The van der Waals surface area contributed by atoms with Crippen molar-refractivity contribution in [1.29, 1.82) is 0 Å². The van der Waals surface area contributed by atoms with Crippen LogP contribution in [0.25, 0.3) is 0 Å². The number of rotatable bonds is 5. The number of esters is 1. The molecular formula is C10H13NO5. The Morgan fingerprint density at radius 2 is 2.25 bits per heavy atom. The van der Waals surface area contributed by atoms with Crippen molar-refractivity contribution < 1.29 is 24.0 Å². The first-order chi connectivity index (χ1) is 7.54. The molecule has 6 heteroatoms. The number of ether oxygens (including phenoxy) is 1. The summed E-state index contributed by atoms with van der Waals surface area (Å²) in [7, 11) is 1.26. The Morgan fingerprint density at radius 1 is 1.56 bits per heavy atom. The molecule has 1 rings (SSSR count). The summed E-state index contributed by atoms with van der Waals surface area (Å²) >= 11 is 0. The molecule has 1 heterocycles. The third kappa shape index (κ3) is 3.08. The van der Waals surface area contributed by atoms with E-state index in [1.165, 1.54) is 13.3 Å². The Bertz CT molecular complexity index is 384. The molecule has 0 saturated heterocycles. The van der Waals surface area contributed by atoms with Gasteiger partial charge < -0.3 is 14.4 Å². The second-order valence-corrected chi connectivity index (χ2v) is 3.41. The third-order valence-electron chi connectivity index (χ3n) is 2.29. The molecular weight excluding hydrogens is 214 g/mol. The lowest BCUT2D eigenvalue weighted by Gasteiger charge is -2.11. The van der Waals surface area contributed by atoms with E-state index < -0.39 is 17.9 Å². The molecule has 0 aliphatic carbocycles. The second-order valence-electron chi connectivity index (χ2n) is 3.41. The Labute approximate surface area is 92.2 Å². The van der Waals surface area contributed by atoms with Crippen LogP contribution in [-0.4, -0.2) is 29.3 Å². The lowest BCUT2D eigenvalue weighted by Crippen LogP contribution is -2.12. The summed E-state index contributed by atoms with van der Waals surface area (Å²) < 4.78 is 9.36. The van der Waals surface area contributed by atoms with Crippen molar-refractivity contribution in [2.24, 2.45) is 0 Å². The van der Waals surface area contributed by atoms with Gasteiger partial charge in [-0.1, -0.05) is 5.16 Å². The average molecular weight is 227 g/mol. The normalized spacial score (nSPS) is 12.1. The van der Waals surface area contributed by atoms with Gasteiger partial charge in [0.2, 0.25) is 0 Å². The van der Waals surface area contributed by atoms with Crippen LogP contribution < -0.4 is 0 Å². The smallest absolute Gasteiger partial charge is 0.306 e. The van der Waals surface area contributed by atoms with Crippen LogP contribution in [0.15, 0.2) is 10.7 Å². The highest BCUT2D eigenvalue weighted by molar-refractivity contribution is 5.73. The van der Waals surface area contributed by atoms with Gasteiger partial charge in [0.1, 0.15) is 5.76 Å². The third-order valence-corrected chi connectivity index (χ3v) is 2.29. The molecule has 0 saturated carbocycles. The Balaban J connectivity index is 2.83. The molecule has 1 aromatic heterocycles. The van der Waals surface area contributed by atoms with Crippen LogP contribution in [0, 0.1) is 6.92 Å². The maximum Gasteiger partial charge on any atom is 0.306 e. The zero-order valence-electron chi connectivity index (χ0n) is 9.10. The maximum atomic E-state index is 11.1. The lowest BCUT2D eigenvalue weighted by atomic mass is 9.93. The van der Waals surface area contributed by atoms with Crippen molar-refractivity contribution in [2.45, 2.75) is 25.7 Å². The van der Waals surface area contributed by atoms with Crippen LogP contribution in [0.3, 0.4) is 0 Å². The molecule has 0 aromatic carbocycles. The van der Waals surface area contributed by atoms with Crippen molar-refractivity contribution in [3.05, 3.63) is 17.5 Å². The highest BCUT2D eigenvalue weighted by Crippen LogP contribution is 2.26. The van der Waals surface area contributed by atoms with E-state index in [1.54, 1.807) is 6.92 Å². The first-order valence-electron chi connectivity index (χ1n) is 4.74. The summed E-state index contributed by atoms with van der Waals surface area (Å²) in [5.74, 6) is -1.37. The number of nitrogens with zero attached hydrogens (tertiary/aromatic N) is 1. The topological polar surface area (TPSA) is 89.6 Å². The zero-order chi connectivity index (χ0) is 12.1. The largest absolute Gasteiger partial charge is 0.481 e. The molecule has 0 bridgehead atoms. The SMILES string of the molecule is COC(=O)CC(CC(=O)O)c1cnoc1C. The van der Waals surface area contributed by atoms with Crippen LogP contribution in [0.5, 0.6) is 0 Å². The summed E-state index contributed by atoms with van der Waals surface area (Å²) in [5.41, 5.74) is 0.632. The molecule has 0 spiro atoms. The fourth-order valence-corrected chi connectivity index (χ4v) is 1.49. The van der Waals surface area contributed by atoms with Gasteiger partial charge in [0.25, 0.3) is 0 Å². The number of carbonyl (C=O) groups excluding carboxylic acids is 1. The molecule has 0 aliphatic heterocycles. The molecule has 1 aromatic rings. The van der Waals surface area contributed by atoms with Crippen LogP contribution in [0.1, 0.15) is 30.1 Å².